The standard InChI is InChI=1S/C20H18Cl2N4O5S2/c1-26(2)33(30,31)25-13-6-4-12(5-7-13)23-20(29)24-18-14(19(27)28)10-17(32-18)11-3-8-15(21)16(22)9-11/h3-10,25H,1-2H3,(H,27,28)(H2,23,24,29). The van der Waals surface area contributed by atoms with Gasteiger partial charge in [-0.25, -0.2) is 9.59 Å². The van der Waals surface area contributed by atoms with Crippen LogP contribution in [-0.4, -0.2) is 43.9 Å². The number of hydrogen-bond acceptors (Lipinski definition) is 5. The van der Waals surface area contributed by atoms with Crippen LogP contribution in [0, 0.1) is 0 Å². The molecule has 0 saturated heterocycles. The van der Waals surface area contributed by atoms with Crippen molar-refractivity contribution >= 4 is 73.1 Å². The van der Waals surface area contributed by atoms with E-state index < -0.39 is 22.2 Å². The Balaban J connectivity index is 1.74. The zero-order valence-corrected chi connectivity index (χ0v) is 20.4. The number of benzene rings is 2. The van der Waals surface area contributed by atoms with E-state index in [2.05, 4.69) is 15.4 Å². The number of hydrogen-bond donors (Lipinski definition) is 4. The average Bonchev–Trinajstić information content (AvgIpc) is 3.15. The summed E-state index contributed by atoms with van der Waals surface area (Å²) in [6.45, 7) is 0. The molecule has 9 nitrogen and oxygen atoms in total. The third kappa shape index (κ3) is 6.15. The number of thiophene rings is 1. The number of nitrogens with zero attached hydrogens (tertiary/aromatic N) is 1. The van der Waals surface area contributed by atoms with E-state index in [1.54, 1.807) is 18.2 Å². The number of amides is 2. The zero-order valence-electron chi connectivity index (χ0n) is 17.2. The van der Waals surface area contributed by atoms with E-state index in [1.165, 1.54) is 44.4 Å². The molecule has 0 unspecified atom stereocenters. The van der Waals surface area contributed by atoms with Crippen LogP contribution in [0.1, 0.15) is 10.4 Å². The lowest BCUT2D eigenvalue weighted by molar-refractivity contribution is 0.0698. The molecule has 1 heterocycles. The average molecular weight is 529 g/mol. The highest BCUT2D eigenvalue weighted by Gasteiger charge is 2.19. The minimum Gasteiger partial charge on any atom is -0.478 e. The van der Waals surface area contributed by atoms with Crippen LogP contribution in [0.3, 0.4) is 0 Å². The zero-order chi connectivity index (χ0) is 24.3. The minimum atomic E-state index is -3.65. The van der Waals surface area contributed by atoms with E-state index >= 15 is 0 Å². The molecule has 0 atom stereocenters. The van der Waals surface area contributed by atoms with Crippen molar-refractivity contribution in [3.8, 4) is 10.4 Å². The summed E-state index contributed by atoms with van der Waals surface area (Å²) in [5, 5.41) is 15.5. The Morgan fingerprint density at radius 1 is 0.939 bits per heavy atom. The lowest BCUT2D eigenvalue weighted by Gasteiger charge is -2.13. The van der Waals surface area contributed by atoms with Gasteiger partial charge in [-0.2, -0.15) is 12.7 Å². The smallest absolute Gasteiger partial charge is 0.338 e. The maximum Gasteiger partial charge on any atom is 0.338 e. The maximum absolute atomic E-state index is 12.4. The Bertz CT molecular complexity index is 1310. The molecule has 3 rings (SSSR count). The third-order valence-corrected chi connectivity index (χ3v) is 7.56. The number of nitrogens with one attached hydrogen (secondary N) is 3. The van der Waals surface area contributed by atoms with E-state index in [1.807, 2.05) is 0 Å². The van der Waals surface area contributed by atoms with Crippen molar-refractivity contribution in [2.45, 2.75) is 0 Å². The van der Waals surface area contributed by atoms with Gasteiger partial charge >= 0.3 is 22.2 Å². The van der Waals surface area contributed by atoms with Gasteiger partial charge in [-0.15, -0.1) is 11.3 Å². The van der Waals surface area contributed by atoms with Gasteiger partial charge in [0.15, 0.2) is 0 Å². The van der Waals surface area contributed by atoms with Gasteiger partial charge in [0.25, 0.3) is 0 Å². The second-order valence-corrected chi connectivity index (χ2v) is 10.6. The molecule has 33 heavy (non-hydrogen) atoms. The van der Waals surface area contributed by atoms with Crippen LogP contribution < -0.4 is 15.4 Å². The number of urea groups is 1. The predicted octanol–water partition coefficient (Wildman–Crippen LogP) is 5.28. The van der Waals surface area contributed by atoms with Crippen LogP contribution in [0.15, 0.2) is 48.5 Å². The first kappa shape index (κ1) is 24.8. The molecule has 0 aliphatic heterocycles. The quantitative estimate of drug-likeness (QED) is 0.331. The number of halogens is 2. The Hall–Kier alpha value is -2.83. The fraction of sp³-hybridized carbons (Fsp3) is 0.100. The van der Waals surface area contributed by atoms with Gasteiger partial charge in [0.05, 0.1) is 15.6 Å². The first-order valence-corrected chi connectivity index (χ1v) is 12.2. The predicted molar refractivity (Wildman–Crippen MR) is 132 cm³/mol. The number of carboxylic acid groups (broad SMARTS) is 1. The summed E-state index contributed by atoms with van der Waals surface area (Å²) < 4.78 is 27.1. The molecule has 0 aliphatic rings. The molecule has 0 saturated carbocycles. The van der Waals surface area contributed by atoms with Crippen LogP contribution in [0.5, 0.6) is 0 Å². The van der Waals surface area contributed by atoms with Crippen molar-refractivity contribution in [1.29, 1.82) is 0 Å². The van der Waals surface area contributed by atoms with Gasteiger partial charge in [-0.1, -0.05) is 29.3 Å². The SMILES string of the molecule is CN(C)S(=O)(=O)Nc1ccc(NC(=O)Nc2sc(-c3ccc(Cl)c(Cl)c3)cc2C(=O)O)cc1. The van der Waals surface area contributed by atoms with E-state index in [0.29, 0.717) is 31.9 Å². The van der Waals surface area contributed by atoms with Crippen molar-refractivity contribution in [1.82, 2.24) is 4.31 Å². The normalized spacial score (nSPS) is 11.3. The summed E-state index contributed by atoms with van der Waals surface area (Å²) >= 11 is 13.0. The molecular weight excluding hydrogens is 511 g/mol. The number of rotatable bonds is 7. The largest absolute Gasteiger partial charge is 0.478 e. The van der Waals surface area contributed by atoms with Gasteiger partial charge in [-0.3, -0.25) is 10.0 Å². The highest BCUT2D eigenvalue weighted by Crippen LogP contribution is 2.37. The molecule has 1 aromatic heterocycles. The van der Waals surface area contributed by atoms with Gasteiger partial charge in [0.2, 0.25) is 0 Å². The van der Waals surface area contributed by atoms with E-state index in [0.717, 1.165) is 15.6 Å². The molecule has 0 aliphatic carbocycles. The topological polar surface area (TPSA) is 128 Å². The molecule has 0 spiro atoms. The molecule has 2 aromatic carbocycles. The van der Waals surface area contributed by atoms with Gasteiger partial charge in [-0.05, 0) is 48.0 Å². The van der Waals surface area contributed by atoms with Crippen molar-refractivity contribution < 1.29 is 23.1 Å². The Morgan fingerprint density at radius 2 is 1.58 bits per heavy atom. The van der Waals surface area contributed by atoms with Crippen LogP contribution in [0.2, 0.25) is 10.0 Å². The van der Waals surface area contributed by atoms with Gasteiger partial charge in [0.1, 0.15) is 5.00 Å². The van der Waals surface area contributed by atoms with Crippen molar-refractivity contribution in [3.05, 3.63) is 64.1 Å². The number of aromatic carboxylic acids is 1. The Kier molecular flexibility index (Phi) is 7.50. The Labute approximate surface area is 204 Å². The number of anilines is 3. The molecule has 2 amide bonds. The van der Waals surface area contributed by atoms with Crippen LogP contribution in [-0.2, 0) is 10.2 Å². The van der Waals surface area contributed by atoms with E-state index in [-0.39, 0.29) is 10.6 Å². The second-order valence-electron chi connectivity index (χ2n) is 6.83. The summed E-state index contributed by atoms with van der Waals surface area (Å²) in [6, 6.07) is 11.6. The molecular formula is C20H18Cl2N4O5S2. The van der Waals surface area contributed by atoms with Crippen LogP contribution >= 0.6 is 34.5 Å². The first-order valence-electron chi connectivity index (χ1n) is 9.17. The van der Waals surface area contributed by atoms with Gasteiger partial charge in [0, 0.05) is 30.3 Å². The van der Waals surface area contributed by atoms with E-state index in [4.69, 9.17) is 23.2 Å². The summed E-state index contributed by atoms with van der Waals surface area (Å²) in [7, 11) is -0.864. The fourth-order valence-corrected chi connectivity index (χ4v) is 4.52. The van der Waals surface area contributed by atoms with Gasteiger partial charge < -0.3 is 10.4 Å². The summed E-state index contributed by atoms with van der Waals surface area (Å²) in [4.78, 5) is 24.7. The minimum absolute atomic E-state index is 0.0790. The van der Waals surface area contributed by atoms with Crippen LogP contribution in [0.25, 0.3) is 10.4 Å². The number of carbonyl (C=O) groups is 2. The maximum atomic E-state index is 12.4. The molecule has 13 heteroatoms. The summed E-state index contributed by atoms with van der Waals surface area (Å²) in [5.74, 6) is -1.20. The highest BCUT2D eigenvalue weighted by atomic mass is 35.5. The molecule has 0 radical (unpaired) electrons. The molecule has 174 valence electrons. The highest BCUT2D eigenvalue weighted by molar-refractivity contribution is 7.90. The van der Waals surface area contributed by atoms with E-state index in [9.17, 15) is 23.1 Å². The number of carboxylic acids is 1. The fourth-order valence-electron chi connectivity index (χ4n) is 2.56. The lowest BCUT2D eigenvalue weighted by atomic mass is 10.1. The molecule has 0 bridgehead atoms. The summed E-state index contributed by atoms with van der Waals surface area (Å²) in [5.41, 5.74) is 1.26. The monoisotopic (exact) mass is 528 g/mol. The Morgan fingerprint density at radius 3 is 2.15 bits per heavy atom. The van der Waals surface area contributed by atoms with Crippen LogP contribution in [0.4, 0.5) is 21.2 Å². The van der Waals surface area contributed by atoms with Crippen molar-refractivity contribution in [2.75, 3.05) is 29.5 Å². The summed E-state index contributed by atoms with van der Waals surface area (Å²) in [6.07, 6.45) is 0. The van der Waals surface area contributed by atoms with Crippen molar-refractivity contribution in [3.63, 3.8) is 0 Å². The molecule has 4 N–H and O–H groups in total. The second kappa shape index (κ2) is 9.98. The van der Waals surface area contributed by atoms with Crippen molar-refractivity contribution in [2.24, 2.45) is 0 Å². The first-order chi connectivity index (χ1) is 15.5. The molecule has 0 fully saturated rings. The lowest BCUT2D eigenvalue weighted by Crippen LogP contribution is -2.28. The number of carbonyl (C=O) groups excluding carboxylic acids is 1. The molecule has 3 aromatic rings. The third-order valence-electron chi connectivity index (χ3n) is 4.26.